The summed E-state index contributed by atoms with van der Waals surface area (Å²) in [6.45, 7) is 3.90. The van der Waals surface area contributed by atoms with Crippen LogP contribution in [0.25, 0.3) is 0 Å². The van der Waals surface area contributed by atoms with Gasteiger partial charge >= 0.3 is 0 Å². The van der Waals surface area contributed by atoms with Gasteiger partial charge in [0.05, 0.1) is 12.1 Å². The van der Waals surface area contributed by atoms with Gasteiger partial charge in [-0.3, -0.25) is 4.79 Å². The van der Waals surface area contributed by atoms with Gasteiger partial charge < -0.3 is 15.8 Å². The zero-order valence-electron chi connectivity index (χ0n) is 13.5. The molecule has 1 unspecified atom stereocenters. The molecular formula is C18H28N2O2. The fourth-order valence-corrected chi connectivity index (χ4v) is 2.69. The number of rotatable bonds is 10. The maximum atomic E-state index is 12.0. The number of hydrogen-bond acceptors (Lipinski definition) is 3. The highest BCUT2D eigenvalue weighted by molar-refractivity contribution is 5.76. The molecule has 0 aromatic heterocycles. The Kier molecular flexibility index (Phi) is 6.40. The molecular weight excluding hydrogens is 276 g/mol. The zero-order valence-corrected chi connectivity index (χ0v) is 13.5. The average Bonchev–Trinajstić information content (AvgIpc) is 3.37. The van der Waals surface area contributed by atoms with E-state index in [-0.39, 0.29) is 11.4 Å². The van der Waals surface area contributed by atoms with Crippen molar-refractivity contribution in [2.24, 2.45) is 11.7 Å². The second-order valence-corrected chi connectivity index (χ2v) is 6.40. The van der Waals surface area contributed by atoms with E-state index in [1.165, 1.54) is 18.4 Å². The van der Waals surface area contributed by atoms with Gasteiger partial charge in [0.25, 0.3) is 0 Å². The van der Waals surface area contributed by atoms with Gasteiger partial charge in [0.2, 0.25) is 5.91 Å². The van der Waals surface area contributed by atoms with Gasteiger partial charge in [-0.25, -0.2) is 0 Å². The SMILES string of the molecule is CC(CN)(NC(=O)CCCOCCc1ccccc1)C1CC1. The number of carbonyl (C=O) groups excluding carboxylic acids is 1. The van der Waals surface area contributed by atoms with Gasteiger partial charge in [-0.05, 0) is 44.1 Å². The maximum Gasteiger partial charge on any atom is 0.220 e. The molecule has 3 N–H and O–H groups in total. The molecule has 0 saturated heterocycles. The summed E-state index contributed by atoms with van der Waals surface area (Å²) in [4.78, 5) is 12.0. The minimum absolute atomic E-state index is 0.0894. The second-order valence-electron chi connectivity index (χ2n) is 6.40. The summed E-state index contributed by atoms with van der Waals surface area (Å²) in [6.07, 6.45) is 4.53. The number of ether oxygens (including phenoxy) is 1. The van der Waals surface area contributed by atoms with Crippen molar-refractivity contribution >= 4 is 5.91 Å². The van der Waals surface area contributed by atoms with Crippen molar-refractivity contribution in [2.45, 2.75) is 44.6 Å². The molecule has 22 heavy (non-hydrogen) atoms. The molecule has 1 amide bonds. The van der Waals surface area contributed by atoms with E-state index in [2.05, 4.69) is 24.4 Å². The van der Waals surface area contributed by atoms with Crippen LogP contribution < -0.4 is 11.1 Å². The first kappa shape index (κ1) is 17.0. The molecule has 1 aromatic carbocycles. The fourth-order valence-electron chi connectivity index (χ4n) is 2.69. The summed E-state index contributed by atoms with van der Waals surface area (Å²) >= 11 is 0. The number of benzene rings is 1. The molecule has 0 heterocycles. The van der Waals surface area contributed by atoms with Crippen LogP contribution in [0.4, 0.5) is 0 Å². The highest BCUT2D eigenvalue weighted by Gasteiger charge is 2.41. The number of nitrogens with two attached hydrogens (primary N) is 1. The van der Waals surface area contributed by atoms with Crippen molar-refractivity contribution in [3.63, 3.8) is 0 Å². The van der Waals surface area contributed by atoms with Crippen molar-refractivity contribution in [3.8, 4) is 0 Å². The Hall–Kier alpha value is -1.39. The Morgan fingerprint density at radius 2 is 2.05 bits per heavy atom. The van der Waals surface area contributed by atoms with E-state index in [1.54, 1.807) is 0 Å². The minimum atomic E-state index is -0.217. The highest BCUT2D eigenvalue weighted by Crippen LogP contribution is 2.38. The van der Waals surface area contributed by atoms with E-state index in [0.29, 0.717) is 32.1 Å². The molecule has 1 fully saturated rings. The third-order valence-electron chi connectivity index (χ3n) is 4.40. The first-order valence-electron chi connectivity index (χ1n) is 8.27. The number of amides is 1. The third-order valence-corrected chi connectivity index (χ3v) is 4.40. The Balaban J connectivity index is 1.54. The molecule has 1 aliphatic carbocycles. The Morgan fingerprint density at radius 3 is 2.68 bits per heavy atom. The number of nitrogens with one attached hydrogen (secondary N) is 1. The lowest BCUT2D eigenvalue weighted by molar-refractivity contribution is -0.123. The molecule has 122 valence electrons. The van der Waals surface area contributed by atoms with E-state index in [0.717, 1.165) is 12.8 Å². The predicted molar refractivity (Wildman–Crippen MR) is 88.5 cm³/mol. The van der Waals surface area contributed by atoms with E-state index < -0.39 is 0 Å². The lowest BCUT2D eigenvalue weighted by atomic mass is 9.95. The van der Waals surface area contributed by atoms with Gasteiger partial charge in [-0.2, -0.15) is 0 Å². The van der Waals surface area contributed by atoms with Crippen LogP contribution in [-0.4, -0.2) is 31.2 Å². The lowest BCUT2D eigenvalue weighted by Crippen LogP contribution is -2.53. The van der Waals surface area contributed by atoms with Crippen molar-refractivity contribution in [1.29, 1.82) is 0 Å². The standard InChI is InChI=1S/C18H28N2O2/c1-18(14-19,16-9-10-16)20-17(21)8-5-12-22-13-11-15-6-3-2-4-7-15/h2-4,6-7,16H,5,8-14,19H2,1H3,(H,20,21). The summed E-state index contributed by atoms with van der Waals surface area (Å²) in [5.74, 6) is 0.648. The Labute approximate surface area is 133 Å². The van der Waals surface area contributed by atoms with Crippen LogP contribution in [0.15, 0.2) is 30.3 Å². The zero-order chi connectivity index (χ0) is 15.8. The molecule has 1 aromatic rings. The van der Waals surface area contributed by atoms with Crippen molar-refractivity contribution in [3.05, 3.63) is 35.9 Å². The topological polar surface area (TPSA) is 64.3 Å². The van der Waals surface area contributed by atoms with Gasteiger partial charge in [0.1, 0.15) is 0 Å². The summed E-state index contributed by atoms with van der Waals surface area (Å²) < 4.78 is 5.60. The fraction of sp³-hybridized carbons (Fsp3) is 0.611. The van der Waals surface area contributed by atoms with Crippen molar-refractivity contribution in [1.82, 2.24) is 5.32 Å². The third kappa shape index (κ3) is 5.43. The van der Waals surface area contributed by atoms with E-state index >= 15 is 0 Å². The highest BCUT2D eigenvalue weighted by atomic mass is 16.5. The molecule has 1 atom stereocenters. The summed E-state index contributed by atoms with van der Waals surface area (Å²) in [6, 6.07) is 10.3. The second kappa shape index (κ2) is 8.30. The molecule has 0 aliphatic heterocycles. The Morgan fingerprint density at radius 1 is 1.32 bits per heavy atom. The molecule has 0 radical (unpaired) electrons. The average molecular weight is 304 g/mol. The van der Waals surface area contributed by atoms with Gasteiger partial charge in [0, 0.05) is 19.6 Å². The summed E-state index contributed by atoms with van der Waals surface area (Å²) in [5.41, 5.74) is 6.87. The quantitative estimate of drug-likeness (QED) is 0.652. The van der Waals surface area contributed by atoms with Gasteiger partial charge in [-0.1, -0.05) is 30.3 Å². The largest absolute Gasteiger partial charge is 0.381 e. The van der Waals surface area contributed by atoms with E-state index in [4.69, 9.17) is 10.5 Å². The van der Waals surface area contributed by atoms with Crippen LogP contribution in [0.2, 0.25) is 0 Å². The molecule has 2 rings (SSSR count). The number of carbonyl (C=O) groups is 1. The summed E-state index contributed by atoms with van der Waals surface area (Å²) in [5, 5.41) is 3.10. The monoisotopic (exact) mass is 304 g/mol. The minimum Gasteiger partial charge on any atom is -0.381 e. The smallest absolute Gasteiger partial charge is 0.220 e. The van der Waals surface area contributed by atoms with Crippen LogP contribution in [-0.2, 0) is 16.0 Å². The normalized spacial score (nSPS) is 17.0. The van der Waals surface area contributed by atoms with Crippen molar-refractivity contribution in [2.75, 3.05) is 19.8 Å². The molecule has 0 spiro atoms. The first-order chi connectivity index (χ1) is 10.6. The molecule has 1 saturated carbocycles. The first-order valence-corrected chi connectivity index (χ1v) is 8.27. The molecule has 1 aliphatic rings. The van der Waals surface area contributed by atoms with Gasteiger partial charge in [-0.15, -0.1) is 0 Å². The van der Waals surface area contributed by atoms with Crippen LogP contribution >= 0.6 is 0 Å². The Bertz CT molecular complexity index is 459. The van der Waals surface area contributed by atoms with Gasteiger partial charge in [0.15, 0.2) is 0 Å². The van der Waals surface area contributed by atoms with Crippen LogP contribution in [0.5, 0.6) is 0 Å². The lowest BCUT2D eigenvalue weighted by Gasteiger charge is -2.29. The van der Waals surface area contributed by atoms with Crippen molar-refractivity contribution < 1.29 is 9.53 Å². The van der Waals surface area contributed by atoms with Crippen LogP contribution in [0.1, 0.15) is 38.2 Å². The molecule has 0 bridgehead atoms. The number of hydrogen-bond donors (Lipinski definition) is 2. The summed E-state index contributed by atoms with van der Waals surface area (Å²) in [7, 11) is 0. The predicted octanol–water partition coefficient (Wildman–Crippen LogP) is 2.27. The molecule has 4 heteroatoms. The maximum absolute atomic E-state index is 12.0. The van der Waals surface area contributed by atoms with Crippen LogP contribution in [0.3, 0.4) is 0 Å². The molecule has 4 nitrogen and oxygen atoms in total. The van der Waals surface area contributed by atoms with E-state index in [9.17, 15) is 4.79 Å². The van der Waals surface area contributed by atoms with Crippen LogP contribution in [0, 0.1) is 5.92 Å². The van der Waals surface area contributed by atoms with E-state index in [1.807, 2.05) is 18.2 Å².